The molecule has 1 saturated heterocycles. The Morgan fingerprint density at radius 2 is 2.14 bits per heavy atom. The van der Waals surface area contributed by atoms with Crippen molar-refractivity contribution >= 4 is 11.9 Å². The van der Waals surface area contributed by atoms with Gasteiger partial charge in [-0.05, 0) is 11.6 Å². The largest absolute Gasteiger partial charge is 0.480 e. The maximum atomic E-state index is 12.6. The summed E-state index contributed by atoms with van der Waals surface area (Å²) in [5.41, 5.74) is 0.977. The summed E-state index contributed by atoms with van der Waals surface area (Å²) in [6.45, 7) is 0.134. The number of nitrogens with zero attached hydrogens (tertiary/aromatic N) is 1. The highest BCUT2D eigenvalue weighted by Crippen LogP contribution is 2.30. The highest BCUT2D eigenvalue weighted by Gasteiger charge is 2.43. The lowest BCUT2D eigenvalue weighted by atomic mass is 10.1. The molecule has 0 bridgehead atoms. The third kappa shape index (κ3) is 2.47. The maximum Gasteiger partial charge on any atom is 0.328 e. The second-order valence-corrected chi connectivity index (χ2v) is 5.34. The summed E-state index contributed by atoms with van der Waals surface area (Å²) in [7, 11) is 1.28. The predicted molar refractivity (Wildman–Crippen MR) is 72.7 cm³/mol. The summed E-state index contributed by atoms with van der Waals surface area (Å²) in [5, 5.41) is 9.74. The SMILES string of the molecule is COC(=O)C1CC(O)CN1C(=O)C1Cc2ccccc2O1. The van der Waals surface area contributed by atoms with E-state index in [-0.39, 0.29) is 18.9 Å². The summed E-state index contributed by atoms with van der Waals surface area (Å²) >= 11 is 0. The topological polar surface area (TPSA) is 76.1 Å². The van der Waals surface area contributed by atoms with Crippen LogP contribution < -0.4 is 4.74 Å². The predicted octanol–water partition coefficient (Wildman–Crippen LogP) is 0.125. The molecule has 1 fully saturated rings. The highest BCUT2D eigenvalue weighted by molar-refractivity contribution is 5.88. The van der Waals surface area contributed by atoms with Crippen molar-refractivity contribution in [3.63, 3.8) is 0 Å². The molecule has 3 unspecified atom stereocenters. The first-order valence-corrected chi connectivity index (χ1v) is 6.91. The van der Waals surface area contributed by atoms with Crippen LogP contribution in [0.25, 0.3) is 0 Å². The van der Waals surface area contributed by atoms with Gasteiger partial charge in [0.15, 0.2) is 6.10 Å². The number of amides is 1. The van der Waals surface area contributed by atoms with Crippen molar-refractivity contribution in [1.29, 1.82) is 0 Å². The smallest absolute Gasteiger partial charge is 0.328 e. The van der Waals surface area contributed by atoms with Crippen molar-refractivity contribution in [2.45, 2.75) is 31.1 Å². The van der Waals surface area contributed by atoms with Gasteiger partial charge in [-0.2, -0.15) is 0 Å². The molecule has 0 spiro atoms. The van der Waals surface area contributed by atoms with Crippen molar-refractivity contribution in [1.82, 2.24) is 4.90 Å². The zero-order valence-corrected chi connectivity index (χ0v) is 11.7. The van der Waals surface area contributed by atoms with Crippen LogP contribution in [-0.4, -0.2) is 53.8 Å². The first-order valence-electron chi connectivity index (χ1n) is 6.91. The number of para-hydroxylation sites is 1. The number of hydrogen-bond acceptors (Lipinski definition) is 5. The molecular formula is C15H17NO5. The third-order valence-electron chi connectivity index (χ3n) is 3.96. The van der Waals surface area contributed by atoms with Gasteiger partial charge >= 0.3 is 5.97 Å². The van der Waals surface area contributed by atoms with Gasteiger partial charge in [-0.3, -0.25) is 4.79 Å². The lowest BCUT2D eigenvalue weighted by molar-refractivity contribution is -0.153. The summed E-state index contributed by atoms with van der Waals surface area (Å²) in [6.07, 6.45) is -0.658. The van der Waals surface area contributed by atoms with E-state index in [4.69, 9.17) is 9.47 Å². The summed E-state index contributed by atoms with van der Waals surface area (Å²) in [5.74, 6) is -0.0845. The Hall–Kier alpha value is -2.08. The quantitative estimate of drug-likeness (QED) is 0.784. The zero-order chi connectivity index (χ0) is 15.0. The molecular weight excluding hydrogens is 274 g/mol. The van der Waals surface area contributed by atoms with E-state index in [1.165, 1.54) is 12.0 Å². The minimum absolute atomic E-state index is 0.134. The van der Waals surface area contributed by atoms with Gasteiger partial charge in [-0.15, -0.1) is 0 Å². The molecule has 6 heteroatoms. The number of rotatable bonds is 2. The fourth-order valence-electron chi connectivity index (χ4n) is 2.92. The van der Waals surface area contributed by atoms with Crippen LogP contribution >= 0.6 is 0 Å². The number of benzene rings is 1. The Morgan fingerprint density at radius 3 is 2.86 bits per heavy atom. The van der Waals surface area contributed by atoms with Gasteiger partial charge in [0.2, 0.25) is 0 Å². The Morgan fingerprint density at radius 1 is 1.38 bits per heavy atom. The van der Waals surface area contributed by atoms with Gasteiger partial charge in [-0.1, -0.05) is 18.2 Å². The molecule has 2 aliphatic heterocycles. The zero-order valence-electron chi connectivity index (χ0n) is 11.7. The van der Waals surface area contributed by atoms with Crippen LogP contribution in [0.3, 0.4) is 0 Å². The molecule has 6 nitrogen and oxygen atoms in total. The molecule has 2 aliphatic rings. The average molecular weight is 291 g/mol. The highest BCUT2D eigenvalue weighted by atomic mass is 16.5. The molecule has 1 aromatic carbocycles. The normalized spacial score (nSPS) is 27.1. The molecule has 0 radical (unpaired) electrons. The van der Waals surface area contributed by atoms with E-state index < -0.39 is 24.2 Å². The van der Waals surface area contributed by atoms with Crippen LogP contribution in [0, 0.1) is 0 Å². The molecule has 1 N–H and O–H groups in total. The number of aliphatic hydroxyl groups excluding tert-OH is 1. The fourth-order valence-corrected chi connectivity index (χ4v) is 2.92. The van der Waals surface area contributed by atoms with Crippen LogP contribution in [-0.2, 0) is 20.7 Å². The van der Waals surface area contributed by atoms with Crippen LogP contribution in [0.2, 0.25) is 0 Å². The molecule has 1 amide bonds. The van der Waals surface area contributed by atoms with Gasteiger partial charge in [0, 0.05) is 19.4 Å². The Balaban J connectivity index is 1.75. The number of likely N-dealkylation sites (tertiary alicyclic amines) is 1. The molecule has 0 aliphatic carbocycles. The van der Waals surface area contributed by atoms with E-state index in [0.717, 1.165) is 5.56 Å². The fraction of sp³-hybridized carbons (Fsp3) is 0.467. The van der Waals surface area contributed by atoms with Crippen LogP contribution in [0.5, 0.6) is 5.75 Å². The third-order valence-corrected chi connectivity index (χ3v) is 3.96. The molecule has 0 aromatic heterocycles. The molecule has 3 atom stereocenters. The number of esters is 1. The van der Waals surface area contributed by atoms with Crippen LogP contribution in [0.4, 0.5) is 0 Å². The number of carbonyl (C=O) groups is 2. The van der Waals surface area contributed by atoms with Crippen molar-refractivity contribution in [2.75, 3.05) is 13.7 Å². The number of fused-ring (bicyclic) bond motifs is 1. The van der Waals surface area contributed by atoms with Gasteiger partial charge in [0.05, 0.1) is 13.2 Å². The molecule has 112 valence electrons. The van der Waals surface area contributed by atoms with Crippen LogP contribution in [0.15, 0.2) is 24.3 Å². The second kappa shape index (κ2) is 5.37. The minimum Gasteiger partial charge on any atom is -0.480 e. The molecule has 0 saturated carbocycles. The first kappa shape index (κ1) is 13.9. The van der Waals surface area contributed by atoms with E-state index in [2.05, 4.69) is 0 Å². The number of aliphatic hydroxyl groups is 1. The number of β-amino-alcohol motifs (C(OH)–C–C–N with tert-alkyl or cyclic N) is 1. The van der Waals surface area contributed by atoms with Gasteiger partial charge in [0.25, 0.3) is 5.91 Å². The number of methoxy groups -OCH3 is 1. The van der Waals surface area contributed by atoms with E-state index in [1.54, 1.807) is 0 Å². The average Bonchev–Trinajstić information content (AvgIpc) is 3.09. The van der Waals surface area contributed by atoms with E-state index in [9.17, 15) is 14.7 Å². The van der Waals surface area contributed by atoms with E-state index in [0.29, 0.717) is 12.2 Å². The summed E-state index contributed by atoms with van der Waals surface area (Å²) < 4.78 is 10.4. The first-order chi connectivity index (χ1) is 10.1. The Labute approximate surface area is 122 Å². The minimum atomic E-state index is -0.732. The van der Waals surface area contributed by atoms with Gasteiger partial charge in [0.1, 0.15) is 11.8 Å². The molecule has 21 heavy (non-hydrogen) atoms. The Bertz CT molecular complexity index is 548. The number of ether oxygens (including phenoxy) is 2. The number of hydrogen-bond donors (Lipinski definition) is 1. The maximum absolute atomic E-state index is 12.6. The molecule has 2 heterocycles. The van der Waals surface area contributed by atoms with Crippen LogP contribution in [0.1, 0.15) is 12.0 Å². The number of carbonyl (C=O) groups excluding carboxylic acids is 2. The van der Waals surface area contributed by atoms with E-state index >= 15 is 0 Å². The van der Waals surface area contributed by atoms with E-state index in [1.807, 2.05) is 24.3 Å². The Kier molecular flexibility index (Phi) is 3.55. The molecule has 3 rings (SSSR count). The summed E-state index contributed by atoms with van der Waals surface area (Å²) in [4.78, 5) is 25.7. The van der Waals surface area contributed by atoms with Crippen molar-refractivity contribution in [3.05, 3.63) is 29.8 Å². The van der Waals surface area contributed by atoms with Gasteiger partial charge < -0.3 is 19.5 Å². The van der Waals surface area contributed by atoms with Gasteiger partial charge in [-0.25, -0.2) is 4.79 Å². The lowest BCUT2D eigenvalue weighted by Gasteiger charge is -2.24. The van der Waals surface area contributed by atoms with Crippen molar-refractivity contribution in [3.8, 4) is 5.75 Å². The summed E-state index contributed by atoms with van der Waals surface area (Å²) in [6, 6.07) is 6.75. The molecule has 1 aromatic rings. The van der Waals surface area contributed by atoms with Crippen molar-refractivity contribution in [2.24, 2.45) is 0 Å². The second-order valence-electron chi connectivity index (χ2n) is 5.34. The monoisotopic (exact) mass is 291 g/mol. The lowest BCUT2D eigenvalue weighted by Crippen LogP contribution is -2.47. The standard InChI is InChI=1S/C15H17NO5/c1-20-15(19)11-7-10(17)8-16(11)14(18)13-6-9-4-2-3-5-12(9)21-13/h2-5,10-11,13,17H,6-8H2,1H3. The van der Waals surface area contributed by atoms with Crippen molar-refractivity contribution < 1.29 is 24.2 Å².